The molecule has 0 spiro atoms. The highest BCUT2D eigenvalue weighted by Gasteiger charge is 2.09. The summed E-state index contributed by atoms with van der Waals surface area (Å²) in [6, 6.07) is 10.3. The number of aromatic nitrogens is 1. The first-order chi connectivity index (χ1) is 10.2. The second kappa shape index (κ2) is 7.79. The monoisotopic (exact) mass is 285 g/mol. The van der Waals surface area contributed by atoms with Crippen LogP contribution in [0, 0.1) is 6.92 Å². The number of aryl methyl sites for hydroxylation is 2. The molecular weight excluding hydrogens is 262 g/mol. The molecule has 0 saturated carbocycles. The third-order valence-electron chi connectivity index (χ3n) is 3.38. The molecule has 0 bridgehead atoms. The quantitative estimate of drug-likeness (QED) is 0.840. The van der Waals surface area contributed by atoms with Gasteiger partial charge in [0.1, 0.15) is 5.75 Å². The zero-order valence-corrected chi connectivity index (χ0v) is 12.7. The van der Waals surface area contributed by atoms with Crippen molar-refractivity contribution in [3.63, 3.8) is 0 Å². The molecule has 0 saturated heterocycles. The van der Waals surface area contributed by atoms with Crippen molar-refractivity contribution in [2.75, 3.05) is 6.61 Å². The number of rotatable bonds is 7. The fourth-order valence-corrected chi connectivity index (χ4v) is 2.25. The fourth-order valence-electron chi connectivity index (χ4n) is 2.25. The maximum Gasteiger partial charge on any atom is 0.137 e. The van der Waals surface area contributed by atoms with Gasteiger partial charge in [-0.25, -0.2) is 0 Å². The van der Waals surface area contributed by atoms with Gasteiger partial charge in [0, 0.05) is 11.8 Å². The molecule has 1 N–H and O–H groups in total. The Hall–Kier alpha value is -1.87. The first-order valence-corrected chi connectivity index (χ1v) is 7.50. The summed E-state index contributed by atoms with van der Waals surface area (Å²) in [4.78, 5) is 4.14. The summed E-state index contributed by atoms with van der Waals surface area (Å²) in [7, 11) is 0. The van der Waals surface area contributed by atoms with E-state index in [0.717, 1.165) is 24.2 Å². The van der Waals surface area contributed by atoms with E-state index in [1.807, 2.05) is 6.07 Å². The van der Waals surface area contributed by atoms with Gasteiger partial charge < -0.3 is 9.84 Å². The SMILES string of the molecule is CCCOc1cncc(C(O)CCc2cccc(C)c2)c1. The molecule has 1 heterocycles. The molecule has 2 rings (SSSR count). The summed E-state index contributed by atoms with van der Waals surface area (Å²) in [5.41, 5.74) is 3.32. The van der Waals surface area contributed by atoms with Crippen molar-refractivity contribution in [2.45, 2.75) is 39.2 Å². The second-order valence-electron chi connectivity index (χ2n) is 5.35. The number of aliphatic hydroxyl groups excluding tert-OH is 1. The van der Waals surface area contributed by atoms with E-state index in [1.165, 1.54) is 11.1 Å². The van der Waals surface area contributed by atoms with Gasteiger partial charge in [0.15, 0.2) is 0 Å². The molecular formula is C18H23NO2. The number of ether oxygens (including phenoxy) is 1. The predicted octanol–water partition coefficient (Wildman–Crippen LogP) is 3.85. The van der Waals surface area contributed by atoms with E-state index in [9.17, 15) is 5.11 Å². The molecule has 0 amide bonds. The number of aliphatic hydroxyl groups is 1. The summed E-state index contributed by atoms with van der Waals surface area (Å²) in [5.74, 6) is 0.726. The summed E-state index contributed by atoms with van der Waals surface area (Å²) >= 11 is 0. The molecule has 0 aliphatic heterocycles. The van der Waals surface area contributed by atoms with Crippen molar-refractivity contribution < 1.29 is 9.84 Å². The largest absolute Gasteiger partial charge is 0.492 e. The van der Waals surface area contributed by atoms with Crippen LogP contribution in [0.2, 0.25) is 0 Å². The molecule has 1 unspecified atom stereocenters. The number of pyridine rings is 1. The van der Waals surface area contributed by atoms with Gasteiger partial charge in [-0.3, -0.25) is 4.98 Å². The highest BCUT2D eigenvalue weighted by atomic mass is 16.5. The van der Waals surface area contributed by atoms with Crippen LogP contribution in [0.5, 0.6) is 5.75 Å². The topological polar surface area (TPSA) is 42.4 Å². The van der Waals surface area contributed by atoms with Gasteiger partial charge in [-0.1, -0.05) is 36.8 Å². The Morgan fingerprint density at radius 1 is 1.24 bits per heavy atom. The Balaban J connectivity index is 1.95. The molecule has 2 aromatic rings. The normalized spacial score (nSPS) is 12.1. The number of hydrogen-bond acceptors (Lipinski definition) is 3. The minimum Gasteiger partial charge on any atom is -0.492 e. The Bertz CT molecular complexity index is 569. The number of hydrogen-bond donors (Lipinski definition) is 1. The molecule has 0 fully saturated rings. The number of benzene rings is 1. The fraction of sp³-hybridized carbons (Fsp3) is 0.389. The molecule has 0 aliphatic rings. The van der Waals surface area contributed by atoms with E-state index < -0.39 is 6.10 Å². The lowest BCUT2D eigenvalue weighted by molar-refractivity contribution is 0.167. The van der Waals surface area contributed by atoms with E-state index in [1.54, 1.807) is 12.4 Å². The van der Waals surface area contributed by atoms with Gasteiger partial charge in [-0.2, -0.15) is 0 Å². The van der Waals surface area contributed by atoms with Gasteiger partial charge in [0.05, 0.1) is 18.9 Å². The Morgan fingerprint density at radius 2 is 2.10 bits per heavy atom. The third-order valence-corrected chi connectivity index (χ3v) is 3.38. The van der Waals surface area contributed by atoms with Crippen molar-refractivity contribution in [1.82, 2.24) is 4.98 Å². The average molecular weight is 285 g/mol. The lowest BCUT2D eigenvalue weighted by Crippen LogP contribution is -2.02. The Labute approximate surface area is 126 Å². The van der Waals surface area contributed by atoms with Crippen LogP contribution in [-0.2, 0) is 6.42 Å². The summed E-state index contributed by atoms with van der Waals surface area (Å²) in [6.07, 6.45) is 5.38. The maximum atomic E-state index is 10.3. The lowest BCUT2D eigenvalue weighted by atomic mass is 10.0. The summed E-state index contributed by atoms with van der Waals surface area (Å²) in [5, 5.41) is 10.3. The van der Waals surface area contributed by atoms with Gasteiger partial charge in [0.25, 0.3) is 0 Å². The van der Waals surface area contributed by atoms with Crippen LogP contribution in [-0.4, -0.2) is 16.7 Å². The summed E-state index contributed by atoms with van der Waals surface area (Å²) < 4.78 is 5.55. The van der Waals surface area contributed by atoms with Crippen LogP contribution in [0.4, 0.5) is 0 Å². The van der Waals surface area contributed by atoms with Gasteiger partial charge in [-0.15, -0.1) is 0 Å². The minimum absolute atomic E-state index is 0.511. The van der Waals surface area contributed by atoms with E-state index in [0.29, 0.717) is 13.0 Å². The molecule has 0 aliphatic carbocycles. The van der Waals surface area contributed by atoms with Crippen molar-refractivity contribution >= 4 is 0 Å². The first kappa shape index (κ1) is 15.5. The summed E-state index contributed by atoms with van der Waals surface area (Å²) in [6.45, 7) is 4.82. The second-order valence-corrected chi connectivity index (χ2v) is 5.35. The van der Waals surface area contributed by atoms with Crippen LogP contribution in [0.3, 0.4) is 0 Å². The average Bonchev–Trinajstić information content (AvgIpc) is 2.51. The molecule has 3 heteroatoms. The van der Waals surface area contributed by atoms with Crippen molar-refractivity contribution in [2.24, 2.45) is 0 Å². The molecule has 1 aromatic heterocycles. The Morgan fingerprint density at radius 3 is 2.86 bits per heavy atom. The number of nitrogens with zero attached hydrogens (tertiary/aromatic N) is 1. The molecule has 1 aromatic carbocycles. The highest BCUT2D eigenvalue weighted by Crippen LogP contribution is 2.22. The lowest BCUT2D eigenvalue weighted by Gasteiger charge is -2.12. The van der Waals surface area contributed by atoms with Crippen LogP contribution in [0.25, 0.3) is 0 Å². The maximum absolute atomic E-state index is 10.3. The predicted molar refractivity (Wildman–Crippen MR) is 84.5 cm³/mol. The van der Waals surface area contributed by atoms with Crippen LogP contribution in [0.1, 0.15) is 42.6 Å². The van der Waals surface area contributed by atoms with Crippen molar-refractivity contribution in [3.05, 3.63) is 59.4 Å². The minimum atomic E-state index is -0.511. The van der Waals surface area contributed by atoms with Crippen LogP contribution in [0.15, 0.2) is 42.7 Å². The van der Waals surface area contributed by atoms with Gasteiger partial charge in [0.2, 0.25) is 0 Å². The van der Waals surface area contributed by atoms with Crippen LogP contribution < -0.4 is 4.74 Å². The van der Waals surface area contributed by atoms with Gasteiger partial charge in [-0.05, 0) is 37.8 Å². The van der Waals surface area contributed by atoms with Crippen molar-refractivity contribution in [3.8, 4) is 5.75 Å². The third kappa shape index (κ3) is 4.87. The van der Waals surface area contributed by atoms with Crippen molar-refractivity contribution in [1.29, 1.82) is 0 Å². The van der Waals surface area contributed by atoms with E-state index in [-0.39, 0.29) is 0 Å². The molecule has 21 heavy (non-hydrogen) atoms. The standard InChI is InChI=1S/C18H23NO2/c1-3-9-21-17-11-16(12-19-13-17)18(20)8-7-15-6-4-5-14(2)10-15/h4-6,10-13,18,20H,3,7-9H2,1-2H3. The molecule has 0 radical (unpaired) electrons. The molecule has 112 valence electrons. The zero-order valence-electron chi connectivity index (χ0n) is 12.7. The highest BCUT2D eigenvalue weighted by molar-refractivity contribution is 5.26. The Kier molecular flexibility index (Phi) is 5.76. The smallest absolute Gasteiger partial charge is 0.137 e. The zero-order chi connectivity index (χ0) is 15.1. The van der Waals surface area contributed by atoms with E-state index in [4.69, 9.17) is 4.74 Å². The van der Waals surface area contributed by atoms with Gasteiger partial charge >= 0.3 is 0 Å². The molecule has 3 nitrogen and oxygen atoms in total. The first-order valence-electron chi connectivity index (χ1n) is 7.50. The van der Waals surface area contributed by atoms with E-state index >= 15 is 0 Å². The molecule has 1 atom stereocenters. The van der Waals surface area contributed by atoms with E-state index in [2.05, 4.69) is 43.1 Å². The van der Waals surface area contributed by atoms with Crippen LogP contribution >= 0.6 is 0 Å².